The number of hydrogen-bond acceptors (Lipinski definition) is 2. The minimum absolute atomic E-state index is 0.247. The molecule has 0 aliphatic heterocycles. The Hall–Kier alpha value is -1.27. The molecule has 0 aliphatic rings. The van der Waals surface area contributed by atoms with E-state index in [0.717, 1.165) is 0 Å². The number of hydrogen-bond donors (Lipinski definition) is 1. The van der Waals surface area contributed by atoms with Gasteiger partial charge < -0.3 is 4.57 Å². The van der Waals surface area contributed by atoms with Crippen molar-refractivity contribution in [3.8, 4) is 6.07 Å². The summed E-state index contributed by atoms with van der Waals surface area (Å²) >= 11 is 5.76. The van der Waals surface area contributed by atoms with Gasteiger partial charge in [0.2, 0.25) is 0 Å². The van der Waals surface area contributed by atoms with Crippen LogP contribution in [0.2, 0.25) is 0 Å². The summed E-state index contributed by atoms with van der Waals surface area (Å²) in [5, 5.41) is 16.0. The first-order valence-corrected chi connectivity index (χ1v) is 3.89. The highest BCUT2D eigenvalue weighted by molar-refractivity contribution is 6.18. The van der Waals surface area contributed by atoms with E-state index in [1.165, 1.54) is 6.07 Å². The van der Waals surface area contributed by atoms with Crippen LogP contribution in [0.4, 0.5) is 0 Å². The van der Waals surface area contributed by atoms with Crippen molar-refractivity contribution in [2.75, 3.05) is 0 Å². The van der Waals surface area contributed by atoms with Crippen molar-refractivity contribution in [2.24, 2.45) is 0 Å². The fraction of sp³-hybridized carbons (Fsp3) is 0.250. The van der Waals surface area contributed by atoms with Gasteiger partial charge in [0.1, 0.15) is 11.0 Å². The Morgan fingerprint density at radius 1 is 1.75 bits per heavy atom. The summed E-state index contributed by atoms with van der Waals surface area (Å²) in [7, 11) is 0. The van der Waals surface area contributed by atoms with E-state index in [2.05, 4.69) is 0 Å². The van der Waals surface area contributed by atoms with Crippen molar-refractivity contribution in [2.45, 2.75) is 12.4 Å². The van der Waals surface area contributed by atoms with Gasteiger partial charge in [0, 0.05) is 6.20 Å². The van der Waals surface area contributed by atoms with E-state index < -0.39 is 0 Å². The van der Waals surface area contributed by atoms with Crippen molar-refractivity contribution < 1.29 is 0 Å². The third-order valence-electron chi connectivity index (χ3n) is 1.50. The monoisotopic (exact) mass is 181 g/mol. The van der Waals surface area contributed by atoms with Gasteiger partial charge in [0.05, 0.1) is 11.6 Å². The Morgan fingerprint density at radius 3 is 2.83 bits per heavy atom. The third-order valence-corrected chi connectivity index (χ3v) is 1.71. The predicted molar refractivity (Wildman–Crippen MR) is 45.6 cm³/mol. The van der Waals surface area contributed by atoms with Crippen LogP contribution in [-0.4, -0.2) is 4.57 Å². The Kier molecular flexibility index (Phi) is 2.51. The van der Waals surface area contributed by atoms with Crippen LogP contribution in [0.25, 0.3) is 0 Å². The highest BCUT2D eigenvalue weighted by Crippen LogP contribution is 2.06. The average Bonchev–Trinajstić information content (AvgIpc) is 2.03. The van der Waals surface area contributed by atoms with Crippen molar-refractivity contribution in [3.63, 3.8) is 0 Å². The zero-order valence-electron chi connectivity index (χ0n) is 6.58. The molecular formula is C8H8ClN3. The van der Waals surface area contributed by atoms with Gasteiger partial charge in [0.15, 0.2) is 0 Å². The molecule has 0 aromatic carbocycles. The molecule has 0 bridgehead atoms. The number of rotatable bonds is 1. The largest absolute Gasteiger partial charge is 0.317 e. The van der Waals surface area contributed by atoms with Crippen molar-refractivity contribution in [1.82, 2.24) is 4.57 Å². The summed E-state index contributed by atoms with van der Waals surface area (Å²) < 4.78 is 1.57. The van der Waals surface area contributed by atoms with E-state index >= 15 is 0 Å². The molecule has 0 saturated heterocycles. The molecule has 1 rings (SSSR count). The lowest BCUT2D eigenvalue weighted by atomic mass is 10.3. The predicted octanol–water partition coefficient (Wildman–Crippen LogP) is 1.60. The SMILES string of the molecule is CC(Cl)n1ccc(C#N)cc1=N. The highest BCUT2D eigenvalue weighted by Gasteiger charge is 1.99. The zero-order valence-corrected chi connectivity index (χ0v) is 7.34. The summed E-state index contributed by atoms with van der Waals surface area (Å²) in [5.74, 6) is 0. The van der Waals surface area contributed by atoms with Gasteiger partial charge in [-0.05, 0) is 19.1 Å². The molecule has 0 fully saturated rings. The first kappa shape index (κ1) is 8.82. The summed E-state index contributed by atoms with van der Waals surface area (Å²) in [6.45, 7) is 1.77. The molecule has 1 atom stereocenters. The molecular weight excluding hydrogens is 174 g/mol. The van der Waals surface area contributed by atoms with Gasteiger partial charge in [-0.15, -0.1) is 0 Å². The molecule has 0 amide bonds. The van der Waals surface area contributed by atoms with Gasteiger partial charge in [-0.3, -0.25) is 5.41 Å². The lowest BCUT2D eigenvalue weighted by molar-refractivity contribution is 0.673. The molecule has 0 saturated carbocycles. The molecule has 1 aromatic rings. The number of nitrogens with zero attached hydrogens (tertiary/aromatic N) is 2. The normalized spacial score (nSPS) is 12.1. The number of halogens is 1. The fourth-order valence-corrected chi connectivity index (χ4v) is 1.06. The molecule has 12 heavy (non-hydrogen) atoms. The first-order valence-electron chi connectivity index (χ1n) is 3.46. The first-order chi connectivity index (χ1) is 5.65. The van der Waals surface area contributed by atoms with Crippen LogP contribution in [0, 0.1) is 16.7 Å². The second-order valence-electron chi connectivity index (χ2n) is 2.39. The molecule has 0 spiro atoms. The molecule has 1 unspecified atom stereocenters. The number of nitrogens with one attached hydrogen (secondary N) is 1. The van der Waals surface area contributed by atoms with Crippen LogP contribution >= 0.6 is 11.6 Å². The average molecular weight is 182 g/mol. The summed E-state index contributed by atoms with van der Waals surface area (Å²) in [4.78, 5) is 0. The van der Waals surface area contributed by atoms with E-state index in [-0.39, 0.29) is 11.0 Å². The minimum atomic E-state index is -0.259. The Labute approximate surface area is 75.3 Å². The maximum absolute atomic E-state index is 8.52. The number of pyridine rings is 1. The van der Waals surface area contributed by atoms with E-state index in [1.54, 1.807) is 23.8 Å². The van der Waals surface area contributed by atoms with Crippen molar-refractivity contribution >= 4 is 11.6 Å². The maximum atomic E-state index is 8.52. The van der Waals surface area contributed by atoms with Crippen molar-refractivity contribution in [3.05, 3.63) is 29.4 Å². The van der Waals surface area contributed by atoms with Crippen LogP contribution in [0.5, 0.6) is 0 Å². The molecule has 1 heterocycles. The molecule has 62 valence electrons. The standard InChI is InChI=1S/C8H8ClN3/c1-6(9)12-3-2-7(5-10)4-8(12)11/h2-4,6,11H,1H3. The molecule has 1 aromatic heterocycles. The fourth-order valence-electron chi connectivity index (χ4n) is 0.891. The second-order valence-corrected chi connectivity index (χ2v) is 3.03. The van der Waals surface area contributed by atoms with Crippen LogP contribution < -0.4 is 5.49 Å². The van der Waals surface area contributed by atoms with E-state index in [9.17, 15) is 0 Å². The van der Waals surface area contributed by atoms with Crippen LogP contribution in [0.3, 0.4) is 0 Å². The molecule has 0 aliphatic carbocycles. The summed E-state index contributed by atoms with van der Waals surface area (Å²) in [6.07, 6.45) is 1.64. The number of alkyl halides is 1. The number of aromatic nitrogens is 1. The molecule has 1 N–H and O–H groups in total. The molecule has 3 nitrogen and oxygen atoms in total. The zero-order chi connectivity index (χ0) is 9.14. The lowest BCUT2D eigenvalue weighted by Crippen LogP contribution is -2.19. The lowest BCUT2D eigenvalue weighted by Gasteiger charge is -2.07. The van der Waals surface area contributed by atoms with E-state index in [4.69, 9.17) is 22.3 Å². The van der Waals surface area contributed by atoms with E-state index in [1.807, 2.05) is 6.07 Å². The minimum Gasteiger partial charge on any atom is -0.317 e. The second kappa shape index (κ2) is 3.42. The van der Waals surface area contributed by atoms with Crippen molar-refractivity contribution in [1.29, 1.82) is 10.7 Å². The Morgan fingerprint density at radius 2 is 2.42 bits per heavy atom. The Balaban J connectivity index is 3.24. The van der Waals surface area contributed by atoms with Gasteiger partial charge in [0.25, 0.3) is 0 Å². The summed E-state index contributed by atoms with van der Waals surface area (Å²) in [6, 6.07) is 5.08. The smallest absolute Gasteiger partial charge is 0.127 e. The van der Waals surface area contributed by atoms with Crippen LogP contribution in [0.1, 0.15) is 18.0 Å². The van der Waals surface area contributed by atoms with Gasteiger partial charge in [-0.25, -0.2) is 0 Å². The third kappa shape index (κ3) is 1.66. The van der Waals surface area contributed by atoms with Gasteiger partial charge in [-0.2, -0.15) is 5.26 Å². The van der Waals surface area contributed by atoms with E-state index in [0.29, 0.717) is 5.56 Å². The van der Waals surface area contributed by atoms with Crippen LogP contribution in [-0.2, 0) is 0 Å². The van der Waals surface area contributed by atoms with Crippen LogP contribution in [0.15, 0.2) is 18.3 Å². The molecule has 0 radical (unpaired) electrons. The quantitative estimate of drug-likeness (QED) is 0.658. The summed E-state index contributed by atoms with van der Waals surface area (Å²) in [5.41, 5.74) is 0.468. The topological polar surface area (TPSA) is 52.6 Å². The van der Waals surface area contributed by atoms with Gasteiger partial charge in [-0.1, -0.05) is 11.6 Å². The number of nitriles is 1. The highest BCUT2D eigenvalue weighted by atomic mass is 35.5. The Bertz CT molecular complexity index is 373. The maximum Gasteiger partial charge on any atom is 0.127 e. The van der Waals surface area contributed by atoms with Gasteiger partial charge >= 0.3 is 0 Å². The molecule has 4 heteroatoms.